The Balaban J connectivity index is 1.44. The summed E-state index contributed by atoms with van der Waals surface area (Å²) in [6.45, 7) is 2.85. The minimum absolute atomic E-state index is 0.0612. The number of nitrogens with one attached hydrogen (secondary N) is 1. The summed E-state index contributed by atoms with van der Waals surface area (Å²) in [5, 5.41) is 17.6. The standard InChI is InChI=1S/C28H33N7O10S2/c1-28(2)23(25(37)35(28)45-47(40,41)42)32-24(36)22(20-15-46-27(30)31-20)33-44-21(26(38)39)14-43-19-10-7-16(8-11-19)17-6-9-18(5-4-12-29)34(3)13-17/h6-11,13,15,21,23H,4-5,12,14,29H2,1-3H3,(H4-,30,31,32,36,38,39,40,41,42)/p+1/b33-22-/t21-,23?/m0/s1. The maximum Gasteiger partial charge on any atom is 0.418 e. The summed E-state index contributed by atoms with van der Waals surface area (Å²) in [4.78, 5) is 46.9. The number of benzene rings is 1. The van der Waals surface area contributed by atoms with E-state index < -0.39 is 58.2 Å². The number of carbonyl (C=O) groups excluding carboxylic acids is 2. The summed E-state index contributed by atoms with van der Waals surface area (Å²) in [7, 11) is -3.05. The molecule has 1 fully saturated rings. The Hall–Kier alpha value is -4.69. The summed E-state index contributed by atoms with van der Waals surface area (Å²) in [5.74, 6) is -3.10. The van der Waals surface area contributed by atoms with Crippen molar-refractivity contribution >= 4 is 50.4 Å². The maximum absolute atomic E-state index is 13.2. The van der Waals surface area contributed by atoms with E-state index in [-0.39, 0.29) is 10.8 Å². The fourth-order valence-electron chi connectivity index (χ4n) is 4.55. The highest BCUT2D eigenvalue weighted by atomic mass is 32.3. The molecule has 1 aliphatic heterocycles. The van der Waals surface area contributed by atoms with Gasteiger partial charge in [0, 0.05) is 23.4 Å². The van der Waals surface area contributed by atoms with Gasteiger partial charge < -0.3 is 31.5 Å². The molecule has 1 unspecified atom stereocenters. The number of hydrogen-bond donors (Lipinski definition) is 5. The molecule has 0 bridgehead atoms. The molecule has 3 aromatic rings. The number of ether oxygens (including phenoxy) is 1. The number of aliphatic carboxylic acids is 1. The third-order valence-electron chi connectivity index (χ3n) is 7.11. The average molecular weight is 693 g/mol. The first-order chi connectivity index (χ1) is 22.1. The molecule has 4 rings (SSSR count). The van der Waals surface area contributed by atoms with E-state index in [1.165, 1.54) is 19.2 Å². The molecule has 2 atom stereocenters. The highest BCUT2D eigenvalue weighted by Gasteiger charge is 2.58. The molecule has 1 aliphatic rings. The Kier molecular flexibility index (Phi) is 10.8. The van der Waals surface area contributed by atoms with Gasteiger partial charge in [0.25, 0.3) is 17.9 Å². The number of pyridine rings is 1. The van der Waals surface area contributed by atoms with Gasteiger partial charge in [0.05, 0.1) is 5.54 Å². The molecule has 0 radical (unpaired) electrons. The number of thiazole rings is 1. The number of aryl methyl sites for hydroxylation is 2. The number of oxime groups is 1. The molecular formula is C28H34N7O10S2+. The van der Waals surface area contributed by atoms with Crippen LogP contribution in [0.15, 0.2) is 53.1 Å². The monoisotopic (exact) mass is 692 g/mol. The Morgan fingerprint density at radius 2 is 1.89 bits per heavy atom. The van der Waals surface area contributed by atoms with Crippen LogP contribution in [0.5, 0.6) is 5.75 Å². The van der Waals surface area contributed by atoms with Crippen molar-refractivity contribution in [1.29, 1.82) is 0 Å². The Bertz CT molecular complexity index is 1780. The van der Waals surface area contributed by atoms with Crippen molar-refractivity contribution in [3.63, 3.8) is 0 Å². The SMILES string of the molecule is C[n+]1cc(-c2ccc(OC[C@H](O/N=C(\C(=O)NC3C(=O)N(OS(=O)(=O)O)C3(C)C)c3csc(N)n3)C(=O)O)cc2)ccc1CCCN. The molecule has 1 saturated heterocycles. The van der Waals surface area contributed by atoms with E-state index in [0.717, 1.165) is 41.0 Å². The fourth-order valence-corrected chi connectivity index (χ4v) is 5.55. The number of nitrogen functional groups attached to an aromatic ring is 1. The summed E-state index contributed by atoms with van der Waals surface area (Å²) in [6.07, 6.45) is 2.08. The van der Waals surface area contributed by atoms with Gasteiger partial charge in [0.15, 0.2) is 22.7 Å². The lowest BCUT2D eigenvalue weighted by Crippen LogP contribution is -2.76. The Labute approximate surface area is 273 Å². The smallest absolute Gasteiger partial charge is 0.418 e. The van der Waals surface area contributed by atoms with Crippen LogP contribution in [-0.2, 0) is 47.4 Å². The third kappa shape index (κ3) is 8.57. The normalized spacial score (nSPS) is 16.7. The van der Waals surface area contributed by atoms with Crippen molar-refractivity contribution in [2.45, 2.75) is 44.4 Å². The van der Waals surface area contributed by atoms with E-state index in [9.17, 15) is 27.9 Å². The summed E-state index contributed by atoms with van der Waals surface area (Å²) < 4.78 is 43.1. The zero-order valence-electron chi connectivity index (χ0n) is 25.5. The number of carbonyl (C=O) groups is 3. The quantitative estimate of drug-likeness (QED) is 0.0470. The summed E-state index contributed by atoms with van der Waals surface area (Å²) in [6, 6.07) is 9.70. The molecule has 3 heterocycles. The van der Waals surface area contributed by atoms with Crippen LogP contribution in [0.1, 0.15) is 31.7 Å². The second-order valence-corrected chi connectivity index (χ2v) is 12.8. The maximum atomic E-state index is 13.2. The van der Waals surface area contributed by atoms with Gasteiger partial charge in [-0.3, -0.25) is 14.1 Å². The molecule has 7 N–H and O–H groups in total. The molecule has 17 nitrogen and oxygen atoms in total. The van der Waals surface area contributed by atoms with E-state index in [1.807, 2.05) is 42.1 Å². The minimum atomic E-state index is -5.01. The molecule has 252 valence electrons. The van der Waals surface area contributed by atoms with Crippen LogP contribution in [0.2, 0.25) is 0 Å². The molecule has 0 aliphatic carbocycles. The van der Waals surface area contributed by atoms with Crippen LogP contribution in [0.25, 0.3) is 11.1 Å². The van der Waals surface area contributed by atoms with Gasteiger partial charge in [-0.05, 0) is 50.6 Å². The number of anilines is 1. The van der Waals surface area contributed by atoms with Gasteiger partial charge in [0.1, 0.15) is 31.1 Å². The lowest BCUT2D eigenvalue weighted by Gasteiger charge is -2.50. The first-order valence-electron chi connectivity index (χ1n) is 14.0. The molecule has 2 aromatic heterocycles. The van der Waals surface area contributed by atoms with Crippen LogP contribution in [0.4, 0.5) is 5.13 Å². The number of aromatic nitrogens is 2. The van der Waals surface area contributed by atoms with Gasteiger partial charge >= 0.3 is 16.4 Å². The summed E-state index contributed by atoms with van der Waals surface area (Å²) in [5.41, 5.74) is 12.3. The van der Waals surface area contributed by atoms with E-state index in [1.54, 1.807) is 12.1 Å². The number of β-lactam (4-membered cyclic amide) rings is 1. The topological polar surface area (TPSA) is 250 Å². The number of amides is 2. The molecule has 1 aromatic carbocycles. The summed E-state index contributed by atoms with van der Waals surface area (Å²) >= 11 is 0.961. The molecule has 0 saturated carbocycles. The third-order valence-corrected chi connectivity index (χ3v) is 8.13. The van der Waals surface area contributed by atoms with Crippen molar-refractivity contribution in [3.05, 3.63) is 59.4 Å². The Morgan fingerprint density at radius 1 is 1.21 bits per heavy atom. The van der Waals surface area contributed by atoms with Gasteiger partial charge in [0.2, 0.25) is 0 Å². The second kappa shape index (κ2) is 14.4. The van der Waals surface area contributed by atoms with Crippen LogP contribution < -0.4 is 26.1 Å². The first kappa shape index (κ1) is 35.2. The Morgan fingerprint density at radius 3 is 2.45 bits per heavy atom. The van der Waals surface area contributed by atoms with Crippen molar-refractivity contribution in [2.75, 3.05) is 18.9 Å². The van der Waals surface area contributed by atoms with Crippen LogP contribution >= 0.6 is 11.3 Å². The van der Waals surface area contributed by atoms with Gasteiger partial charge in [-0.1, -0.05) is 17.3 Å². The first-order valence-corrected chi connectivity index (χ1v) is 16.3. The van der Waals surface area contributed by atoms with Crippen molar-refractivity contribution < 1.29 is 50.9 Å². The van der Waals surface area contributed by atoms with E-state index in [0.29, 0.717) is 17.4 Å². The van der Waals surface area contributed by atoms with Crippen LogP contribution in [0, 0.1) is 0 Å². The number of nitrogens with zero attached hydrogens (tertiary/aromatic N) is 4. The van der Waals surface area contributed by atoms with E-state index >= 15 is 0 Å². The van der Waals surface area contributed by atoms with E-state index in [2.05, 4.69) is 19.7 Å². The number of hydrogen-bond acceptors (Lipinski definition) is 13. The van der Waals surface area contributed by atoms with Gasteiger partial charge in [-0.25, -0.2) is 14.3 Å². The molecule has 19 heteroatoms. The predicted molar refractivity (Wildman–Crippen MR) is 167 cm³/mol. The highest BCUT2D eigenvalue weighted by Crippen LogP contribution is 2.33. The lowest BCUT2D eigenvalue weighted by atomic mass is 9.84. The minimum Gasteiger partial charge on any atom is -0.489 e. The van der Waals surface area contributed by atoms with Crippen molar-refractivity contribution in [3.8, 4) is 16.9 Å². The molecule has 0 spiro atoms. The number of hydroxylamine groups is 2. The predicted octanol–water partition coefficient (Wildman–Crippen LogP) is 0.201. The van der Waals surface area contributed by atoms with E-state index in [4.69, 9.17) is 25.6 Å². The highest BCUT2D eigenvalue weighted by molar-refractivity contribution is 7.80. The fraction of sp³-hybridized carbons (Fsp3) is 0.357. The number of carboxylic acids is 1. The average Bonchev–Trinajstić information content (AvgIpc) is 3.44. The van der Waals surface area contributed by atoms with Gasteiger partial charge in [-0.2, -0.15) is 13.5 Å². The number of nitrogens with two attached hydrogens (primary N) is 2. The largest absolute Gasteiger partial charge is 0.489 e. The number of rotatable bonds is 15. The lowest BCUT2D eigenvalue weighted by molar-refractivity contribution is -0.678. The molecule has 2 amide bonds. The molecular weight excluding hydrogens is 658 g/mol. The zero-order valence-corrected chi connectivity index (χ0v) is 27.2. The number of carboxylic acid groups (broad SMARTS) is 1. The second-order valence-electron chi connectivity index (χ2n) is 10.9. The van der Waals surface area contributed by atoms with Crippen molar-refractivity contribution in [2.24, 2.45) is 17.9 Å². The molecule has 47 heavy (non-hydrogen) atoms. The van der Waals surface area contributed by atoms with Crippen molar-refractivity contribution in [1.82, 2.24) is 15.4 Å². The zero-order chi connectivity index (χ0) is 34.5. The van der Waals surface area contributed by atoms with Gasteiger partial charge in [-0.15, -0.1) is 15.6 Å². The van der Waals surface area contributed by atoms with Crippen LogP contribution in [0.3, 0.4) is 0 Å². The van der Waals surface area contributed by atoms with Crippen LogP contribution in [-0.4, -0.2) is 82.5 Å².